The number of nitrogens with two attached hydrogens (primary N) is 1. The number of aromatic nitrogens is 3. The Morgan fingerprint density at radius 3 is 2.85 bits per heavy atom. The summed E-state index contributed by atoms with van der Waals surface area (Å²) in [6.07, 6.45) is 0. The SMILES string of the molecule is Cc1cc(-c2noc(C(C)CN)n2)nc2ccccc12. The summed E-state index contributed by atoms with van der Waals surface area (Å²) >= 11 is 0. The maximum Gasteiger partial charge on any atom is 0.231 e. The molecule has 0 aliphatic rings. The number of nitrogens with zero attached hydrogens (tertiary/aromatic N) is 3. The average Bonchev–Trinajstić information content (AvgIpc) is 2.96. The van der Waals surface area contributed by atoms with Crippen LogP contribution in [0.5, 0.6) is 0 Å². The van der Waals surface area contributed by atoms with E-state index < -0.39 is 0 Å². The highest BCUT2D eigenvalue weighted by atomic mass is 16.5. The van der Waals surface area contributed by atoms with Crippen LogP contribution in [-0.2, 0) is 0 Å². The second-order valence-electron chi connectivity index (χ2n) is 4.93. The third kappa shape index (κ3) is 2.16. The smallest absolute Gasteiger partial charge is 0.231 e. The molecule has 0 saturated heterocycles. The van der Waals surface area contributed by atoms with Crippen LogP contribution < -0.4 is 5.73 Å². The third-order valence-electron chi connectivity index (χ3n) is 3.37. The number of benzene rings is 1. The number of hydrogen-bond donors (Lipinski definition) is 1. The second kappa shape index (κ2) is 5.02. The van der Waals surface area contributed by atoms with Crippen molar-refractivity contribution in [3.63, 3.8) is 0 Å². The van der Waals surface area contributed by atoms with Crippen molar-refractivity contribution < 1.29 is 4.52 Å². The lowest BCUT2D eigenvalue weighted by Crippen LogP contribution is -2.09. The molecular formula is C15H16N4O. The molecule has 2 aromatic heterocycles. The largest absolute Gasteiger partial charge is 0.339 e. The van der Waals surface area contributed by atoms with Crippen molar-refractivity contribution in [1.29, 1.82) is 0 Å². The van der Waals surface area contributed by atoms with Crippen molar-refractivity contribution in [2.24, 2.45) is 5.73 Å². The fraction of sp³-hybridized carbons (Fsp3) is 0.267. The Hall–Kier alpha value is -2.27. The predicted molar refractivity (Wildman–Crippen MR) is 77.2 cm³/mol. The maximum atomic E-state index is 5.61. The van der Waals surface area contributed by atoms with E-state index in [1.807, 2.05) is 31.2 Å². The molecule has 20 heavy (non-hydrogen) atoms. The minimum Gasteiger partial charge on any atom is -0.339 e. The summed E-state index contributed by atoms with van der Waals surface area (Å²) in [4.78, 5) is 8.97. The average molecular weight is 268 g/mol. The molecule has 0 aliphatic carbocycles. The van der Waals surface area contributed by atoms with Crippen LogP contribution in [0.15, 0.2) is 34.9 Å². The molecule has 1 unspecified atom stereocenters. The van der Waals surface area contributed by atoms with E-state index in [0.29, 0.717) is 18.3 Å². The maximum absolute atomic E-state index is 5.61. The van der Waals surface area contributed by atoms with Crippen molar-refractivity contribution >= 4 is 10.9 Å². The Kier molecular flexibility index (Phi) is 3.20. The van der Waals surface area contributed by atoms with Gasteiger partial charge in [0, 0.05) is 17.8 Å². The van der Waals surface area contributed by atoms with Crippen LogP contribution in [0.4, 0.5) is 0 Å². The lowest BCUT2D eigenvalue weighted by atomic mass is 10.1. The second-order valence-corrected chi connectivity index (χ2v) is 4.93. The molecule has 3 aromatic rings. The molecule has 0 bridgehead atoms. The zero-order valence-corrected chi connectivity index (χ0v) is 11.5. The highest BCUT2D eigenvalue weighted by molar-refractivity contribution is 5.84. The first-order valence-corrected chi connectivity index (χ1v) is 6.59. The van der Waals surface area contributed by atoms with Crippen molar-refractivity contribution in [3.05, 3.63) is 41.8 Å². The molecule has 102 valence electrons. The van der Waals surface area contributed by atoms with Gasteiger partial charge in [-0.1, -0.05) is 30.3 Å². The van der Waals surface area contributed by atoms with E-state index in [2.05, 4.69) is 28.1 Å². The number of aryl methyl sites for hydroxylation is 1. The molecule has 0 fully saturated rings. The van der Waals surface area contributed by atoms with Crippen molar-refractivity contribution in [1.82, 2.24) is 15.1 Å². The number of para-hydroxylation sites is 1. The minimum absolute atomic E-state index is 0.0535. The van der Waals surface area contributed by atoms with Gasteiger partial charge in [-0.3, -0.25) is 0 Å². The monoisotopic (exact) mass is 268 g/mol. The molecule has 5 nitrogen and oxygen atoms in total. The van der Waals surface area contributed by atoms with Gasteiger partial charge in [-0.05, 0) is 24.6 Å². The van der Waals surface area contributed by atoms with Crippen LogP contribution in [0.1, 0.15) is 24.3 Å². The zero-order valence-electron chi connectivity index (χ0n) is 11.5. The van der Waals surface area contributed by atoms with E-state index in [1.54, 1.807) is 0 Å². The summed E-state index contributed by atoms with van der Waals surface area (Å²) in [7, 11) is 0. The molecule has 0 radical (unpaired) electrons. The van der Waals surface area contributed by atoms with Crippen LogP contribution in [0.3, 0.4) is 0 Å². The summed E-state index contributed by atoms with van der Waals surface area (Å²) < 4.78 is 5.24. The van der Waals surface area contributed by atoms with Crippen molar-refractivity contribution in [2.75, 3.05) is 6.54 Å². The summed E-state index contributed by atoms with van der Waals surface area (Å²) in [5, 5.41) is 5.13. The van der Waals surface area contributed by atoms with Gasteiger partial charge in [0.2, 0.25) is 11.7 Å². The molecule has 1 aromatic carbocycles. The Morgan fingerprint density at radius 2 is 2.05 bits per heavy atom. The van der Waals surface area contributed by atoms with Crippen molar-refractivity contribution in [2.45, 2.75) is 19.8 Å². The number of fused-ring (bicyclic) bond motifs is 1. The summed E-state index contributed by atoms with van der Waals surface area (Å²) in [5.74, 6) is 1.11. The van der Waals surface area contributed by atoms with Gasteiger partial charge in [-0.15, -0.1) is 0 Å². The van der Waals surface area contributed by atoms with Gasteiger partial charge in [-0.2, -0.15) is 4.98 Å². The van der Waals surface area contributed by atoms with Gasteiger partial charge in [0.05, 0.1) is 5.52 Å². The topological polar surface area (TPSA) is 77.8 Å². The molecule has 0 amide bonds. The lowest BCUT2D eigenvalue weighted by Gasteiger charge is -2.03. The third-order valence-corrected chi connectivity index (χ3v) is 3.37. The highest BCUT2D eigenvalue weighted by Crippen LogP contribution is 2.23. The Balaban J connectivity index is 2.08. The van der Waals surface area contributed by atoms with Crippen LogP contribution in [0.2, 0.25) is 0 Å². The Morgan fingerprint density at radius 1 is 1.25 bits per heavy atom. The fourth-order valence-corrected chi connectivity index (χ4v) is 2.10. The van der Waals surface area contributed by atoms with Gasteiger partial charge < -0.3 is 10.3 Å². The van der Waals surface area contributed by atoms with Crippen LogP contribution in [0, 0.1) is 6.92 Å². The first-order valence-electron chi connectivity index (χ1n) is 6.59. The van der Waals surface area contributed by atoms with E-state index in [4.69, 9.17) is 10.3 Å². The molecule has 2 N–H and O–H groups in total. The summed E-state index contributed by atoms with van der Waals surface area (Å²) in [6.45, 7) is 4.49. The van der Waals surface area contributed by atoms with Gasteiger partial charge in [0.25, 0.3) is 0 Å². The molecule has 0 saturated carbocycles. The number of hydrogen-bond acceptors (Lipinski definition) is 5. The summed E-state index contributed by atoms with van der Waals surface area (Å²) in [5.41, 5.74) is 8.40. The molecule has 1 atom stereocenters. The van der Waals surface area contributed by atoms with E-state index >= 15 is 0 Å². The van der Waals surface area contributed by atoms with E-state index in [1.165, 1.54) is 0 Å². The molecule has 0 spiro atoms. The van der Waals surface area contributed by atoms with Crippen molar-refractivity contribution in [3.8, 4) is 11.5 Å². The Labute approximate surface area is 116 Å². The van der Waals surface area contributed by atoms with Gasteiger partial charge in [0.1, 0.15) is 5.69 Å². The minimum atomic E-state index is 0.0535. The van der Waals surface area contributed by atoms with Gasteiger partial charge in [0.15, 0.2) is 0 Å². The number of pyridine rings is 1. The summed E-state index contributed by atoms with van der Waals surface area (Å²) in [6, 6.07) is 9.99. The first-order chi connectivity index (χ1) is 9.69. The quantitative estimate of drug-likeness (QED) is 0.790. The van der Waals surface area contributed by atoms with Crippen LogP contribution >= 0.6 is 0 Å². The van der Waals surface area contributed by atoms with E-state index in [9.17, 15) is 0 Å². The molecule has 2 heterocycles. The molecule has 3 rings (SSSR count). The van der Waals surface area contributed by atoms with Crippen LogP contribution in [0.25, 0.3) is 22.4 Å². The highest BCUT2D eigenvalue weighted by Gasteiger charge is 2.15. The molecule has 5 heteroatoms. The first kappa shape index (κ1) is 12.7. The number of rotatable bonds is 3. The van der Waals surface area contributed by atoms with Gasteiger partial charge in [-0.25, -0.2) is 4.98 Å². The van der Waals surface area contributed by atoms with Gasteiger partial charge >= 0.3 is 0 Å². The normalized spacial score (nSPS) is 12.8. The van der Waals surface area contributed by atoms with Crippen LogP contribution in [-0.4, -0.2) is 21.7 Å². The Bertz CT molecular complexity index is 750. The standard InChI is InChI=1S/C15H16N4O/c1-9-7-13(17-12-6-4-3-5-11(9)12)14-18-15(20-19-14)10(2)8-16/h3-7,10H,8,16H2,1-2H3. The lowest BCUT2D eigenvalue weighted by molar-refractivity contribution is 0.361. The molecule has 0 aliphatic heterocycles. The molecular weight excluding hydrogens is 252 g/mol. The van der Waals surface area contributed by atoms with E-state index in [0.717, 1.165) is 22.2 Å². The zero-order chi connectivity index (χ0) is 14.1. The van der Waals surface area contributed by atoms with E-state index in [-0.39, 0.29) is 5.92 Å². The predicted octanol–water partition coefficient (Wildman–Crippen LogP) is 2.66. The fourth-order valence-electron chi connectivity index (χ4n) is 2.10.